The minimum absolute atomic E-state index is 0.431. The van der Waals surface area contributed by atoms with Crippen LogP contribution in [0.2, 0.25) is 0 Å². The summed E-state index contributed by atoms with van der Waals surface area (Å²) in [7, 11) is 4.11. The molecule has 2 aromatic rings. The highest BCUT2D eigenvalue weighted by Crippen LogP contribution is 2.25. The zero-order chi connectivity index (χ0) is 16.4. The lowest BCUT2D eigenvalue weighted by molar-refractivity contribution is 0.100. The van der Waals surface area contributed by atoms with E-state index in [1.807, 2.05) is 12.1 Å². The highest BCUT2D eigenvalue weighted by Gasteiger charge is 2.21. The average molecular weight is 316 g/mol. The first-order valence-corrected chi connectivity index (χ1v) is 7.97. The highest BCUT2D eigenvalue weighted by molar-refractivity contribution is 6.04. The number of nitrogens with one attached hydrogen (secondary N) is 1. The normalized spacial score (nSPS) is 15.5. The van der Waals surface area contributed by atoms with Gasteiger partial charge in [-0.25, -0.2) is 4.98 Å². The van der Waals surface area contributed by atoms with Gasteiger partial charge in [0, 0.05) is 39.3 Å². The molecule has 1 aliphatic heterocycles. The van der Waals surface area contributed by atoms with Gasteiger partial charge < -0.3 is 25.4 Å². The molecule has 1 aromatic carbocycles. The lowest BCUT2D eigenvalue weighted by atomic mass is 10.2. The summed E-state index contributed by atoms with van der Waals surface area (Å²) < 4.78 is 2.20. The van der Waals surface area contributed by atoms with Crippen molar-refractivity contribution >= 4 is 22.9 Å². The molecule has 0 saturated carbocycles. The number of likely N-dealkylation sites (N-methyl/N-ethyl adjacent to an activating group) is 1. The summed E-state index contributed by atoms with van der Waals surface area (Å²) in [5, 5.41) is 3.36. The Bertz CT molecular complexity index is 702. The number of nitrogens with two attached hydrogens (primary N) is 1. The van der Waals surface area contributed by atoms with E-state index in [0.29, 0.717) is 11.1 Å². The monoisotopic (exact) mass is 316 g/mol. The van der Waals surface area contributed by atoms with E-state index in [1.54, 1.807) is 6.07 Å². The van der Waals surface area contributed by atoms with Crippen LogP contribution in [0, 0.1) is 0 Å². The van der Waals surface area contributed by atoms with Gasteiger partial charge in [0.2, 0.25) is 5.95 Å². The molecule has 7 heteroatoms. The minimum atomic E-state index is -0.431. The third kappa shape index (κ3) is 3.16. The Kier molecular flexibility index (Phi) is 4.49. The Morgan fingerprint density at radius 1 is 1.35 bits per heavy atom. The van der Waals surface area contributed by atoms with E-state index >= 15 is 0 Å². The summed E-state index contributed by atoms with van der Waals surface area (Å²) in [6, 6.07) is 5.63. The predicted octanol–water partition coefficient (Wildman–Crippen LogP) is 0.106. The Balaban J connectivity index is 2.09. The van der Waals surface area contributed by atoms with Gasteiger partial charge in [0.25, 0.3) is 5.91 Å². The maximum absolute atomic E-state index is 11.7. The summed E-state index contributed by atoms with van der Waals surface area (Å²) in [4.78, 5) is 20.9. The third-order valence-corrected chi connectivity index (χ3v) is 4.19. The fourth-order valence-corrected chi connectivity index (χ4v) is 2.96. The number of nitrogens with zero attached hydrogens (tertiary/aromatic N) is 4. The molecule has 0 aliphatic carbocycles. The van der Waals surface area contributed by atoms with E-state index < -0.39 is 5.91 Å². The van der Waals surface area contributed by atoms with Crippen LogP contribution in [0.3, 0.4) is 0 Å². The van der Waals surface area contributed by atoms with Crippen molar-refractivity contribution in [2.75, 3.05) is 51.7 Å². The van der Waals surface area contributed by atoms with E-state index in [0.717, 1.165) is 50.7 Å². The molecule has 1 saturated heterocycles. The van der Waals surface area contributed by atoms with Crippen LogP contribution < -0.4 is 16.0 Å². The number of carbonyl (C=O) groups is 1. The van der Waals surface area contributed by atoms with E-state index in [2.05, 4.69) is 33.8 Å². The first kappa shape index (κ1) is 15.8. The second-order valence-corrected chi connectivity index (χ2v) is 6.14. The summed E-state index contributed by atoms with van der Waals surface area (Å²) in [5.41, 5.74) is 7.68. The van der Waals surface area contributed by atoms with Crippen LogP contribution in [0.15, 0.2) is 18.2 Å². The van der Waals surface area contributed by atoms with Crippen LogP contribution in [-0.2, 0) is 6.54 Å². The number of imidazole rings is 1. The molecule has 3 N–H and O–H groups in total. The van der Waals surface area contributed by atoms with Crippen molar-refractivity contribution < 1.29 is 4.79 Å². The van der Waals surface area contributed by atoms with Crippen molar-refractivity contribution in [1.29, 1.82) is 0 Å². The molecule has 0 radical (unpaired) electrons. The molecule has 1 fully saturated rings. The van der Waals surface area contributed by atoms with Gasteiger partial charge in [-0.1, -0.05) is 6.07 Å². The lowest BCUT2D eigenvalue weighted by Crippen LogP contribution is -2.44. The van der Waals surface area contributed by atoms with Gasteiger partial charge >= 0.3 is 0 Å². The quantitative estimate of drug-likeness (QED) is 0.818. The number of aromatic nitrogens is 2. The summed E-state index contributed by atoms with van der Waals surface area (Å²) >= 11 is 0. The SMILES string of the molecule is CN(C)CCn1c(N2CCNCC2)nc2c(C(N)=O)cccc21. The number of benzene rings is 1. The van der Waals surface area contributed by atoms with Crippen molar-refractivity contribution in [2.24, 2.45) is 5.73 Å². The average Bonchev–Trinajstić information content (AvgIpc) is 2.92. The van der Waals surface area contributed by atoms with E-state index in [9.17, 15) is 4.79 Å². The molecule has 0 spiro atoms. The topological polar surface area (TPSA) is 79.4 Å². The van der Waals surface area contributed by atoms with Gasteiger partial charge in [-0.3, -0.25) is 4.79 Å². The molecule has 0 atom stereocenters. The van der Waals surface area contributed by atoms with Crippen LogP contribution in [0.25, 0.3) is 11.0 Å². The van der Waals surface area contributed by atoms with Crippen molar-refractivity contribution in [1.82, 2.24) is 19.8 Å². The molecule has 124 valence electrons. The van der Waals surface area contributed by atoms with E-state index in [1.165, 1.54) is 0 Å². The minimum Gasteiger partial charge on any atom is -0.366 e. The number of piperazine rings is 1. The number of carbonyl (C=O) groups excluding carboxylic acids is 1. The Hall–Kier alpha value is -2.12. The maximum Gasteiger partial charge on any atom is 0.250 e. The van der Waals surface area contributed by atoms with Crippen LogP contribution in [-0.4, -0.2) is 67.2 Å². The third-order valence-electron chi connectivity index (χ3n) is 4.19. The Morgan fingerprint density at radius 3 is 2.74 bits per heavy atom. The second-order valence-electron chi connectivity index (χ2n) is 6.14. The van der Waals surface area contributed by atoms with Gasteiger partial charge in [0.15, 0.2) is 0 Å². The largest absolute Gasteiger partial charge is 0.366 e. The number of primary amides is 1. The number of para-hydroxylation sites is 1. The van der Waals surface area contributed by atoms with Crippen molar-refractivity contribution in [3.8, 4) is 0 Å². The van der Waals surface area contributed by atoms with Crippen LogP contribution in [0.1, 0.15) is 10.4 Å². The van der Waals surface area contributed by atoms with Crippen LogP contribution in [0.4, 0.5) is 5.95 Å². The molecule has 1 amide bonds. The molecule has 1 aromatic heterocycles. The fourth-order valence-electron chi connectivity index (χ4n) is 2.96. The Morgan fingerprint density at radius 2 is 2.09 bits per heavy atom. The number of rotatable bonds is 5. The molecule has 7 nitrogen and oxygen atoms in total. The first-order valence-electron chi connectivity index (χ1n) is 7.97. The molecular formula is C16H24N6O. The molecule has 3 rings (SSSR count). The molecule has 23 heavy (non-hydrogen) atoms. The van der Waals surface area contributed by atoms with Gasteiger partial charge in [0.1, 0.15) is 5.52 Å². The standard InChI is InChI=1S/C16H24N6O/c1-20(2)10-11-22-13-5-3-4-12(15(17)23)14(13)19-16(22)21-8-6-18-7-9-21/h3-5,18H,6-11H2,1-2H3,(H2,17,23). The number of hydrogen-bond acceptors (Lipinski definition) is 5. The van der Waals surface area contributed by atoms with Crippen molar-refractivity contribution in [3.05, 3.63) is 23.8 Å². The molecule has 2 heterocycles. The first-order chi connectivity index (χ1) is 11.1. The number of amides is 1. The lowest BCUT2D eigenvalue weighted by Gasteiger charge is -2.29. The van der Waals surface area contributed by atoms with Gasteiger partial charge in [-0.2, -0.15) is 0 Å². The molecule has 0 unspecified atom stereocenters. The van der Waals surface area contributed by atoms with Crippen molar-refractivity contribution in [2.45, 2.75) is 6.54 Å². The van der Waals surface area contributed by atoms with Gasteiger partial charge in [0.05, 0.1) is 11.1 Å². The highest BCUT2D eigenvalue weighted by atomic mass is 16.1. The fraction of sp³-hybridized carbons (Fsp3) is 0.500. The number of hydrogen-bond donors (Lipinski definition) is 2. The number of fused-ring (bicyclic) bond motifs is 1. The summed E-state index contributed by atoms with van der Waals surface area (Å²) in [5.74, 6) is 0.497. The summed E-state index contributed by atoms with van der Waals surface area (Å²) in [6.45, 7) is 5.45. The van der Waals surface area contributed by atoms with E-state index in [-0.39, 0.29) is 0 Å². The smallest absolute Gasteiger partial charge is 0.250 e. The number of anilines is 1. The van der Waals surface area contributed by atoms with Gasteiger partial charge in [-0.05, 0) is 26.2 Å². The van der Waals surface area contributed by atoms with Crippen LogP contribution in [0.5, 0.6) is 0 Å². The van der Waals surface area contributed by atoms with Crippen LogP contribution >= 0.6 is 0 Å². The molecule has 0 bridgehead atoms. The van der Waals surface area contributed by atoms with Crippen molar-refractivity contribution in [3.63, 3.8) is 0 Å². The summed E-state index contributed by atoms with van der Waals surface area (Å²) in [6.07, 6.45) is 0. The second kappa shape index (κ2) is 6.55. The van der Waals surface area contributed by atoms with Gasteiger partial charge in [-0.15, -0.1) is 0 Å². The molecular weight excluding hydrogens is 292 g/mol. The zero-order valence-electron chi connectivity index (χ0n) is 13.7. The van der Waals surface area contributed by atoms with E-state index in [4.69, 9.17) is 10.7 Å². The zero-order valence-corrected chi connectivity index (χ0v) is 13.7. The predicted molar refractivity (Wildman–Crippen MR) is 91.9 cm³/mol. The molecule has 1 aliphatic rings. The maximum atomic E-state index is 11.7. The Labute approximate surface area is 136 Å².